The molecule has 0 saturated carbocycles. The zero-order valence-corrected chi connectivity index (χ0v) is 12.5. The van der Waals surface area contributed by atoms with Crippen LogP contribution in [0.15, 0.2) is 47.0 Å². The lowest BCUT2D eigenvalue weighted by Gasteiger charge is -2.34. The van der Waals surface area contributed by atoms with Gasteiger partial charge in [-0.3, -0.25) is 0 Å². The Morgan fingerprint density at radius 3 is 2.57 bits per heavy atom. The number of anilines is 2. The summed E-state index contributed by atoms with van der Waals surface area (Å²) in [6.45, 7) is 3.14. The lowest BCUT2D eigenvalue weighted by molar-refractivity contribution is 0.540. The van der Waals surface area contributed by atoms with Crippen LogP contribution in [0.3, 0.4) is 0 Å². The third-order valence-corrected chi connectivity index (χ3v) is 4.04. The van der Waals surface area contributed by atoms with Gasteiger partial charge in [0.05, 0.1) is 5.56 Å². The van der Waals surface area contributed by atoms with Crippen molar-refractivity contribution in [2.75, 3.05) is 36.0 Å². The van der Waals surface area contributed by atoms with Gasteiger partial charge in [0.15, 0.2) is 5.58 Å². The molecule has 4 rings (SSSR count). The van der Waals surface area contributed by atoms with Crippen molar-refractivity contribution in [2.24, 2.45) is 0 Å². The molecule has 1 aliphatic heterocycles. The Hall–Kier alpha value is -3.07. The van der Waals surface area contributed by atoms with Gasteiger partial charge in [-0.05, 0) is 24.3 Å². The van der Waals surface area contributed by atoms with Crippen molar-refractivity contribution < 1.29 is 4.42 Å². The van der Waals surface area contributed by atoms with Crippen LogP contribution in [-0.4, -0.2) is 36.1 Å². The van der Waals surface area contributed by atoms with Gasteiger partial charge < -0.3 is 14.2 Å². The van der Waals surface area contributed by atoms with Gasteiger partial charge in [0.25, 0.3) is 6.01 Å². The molecule has 0 unspecified atom stereocenters. The first-order valence-electron chi connectivity index (χ1n) is 7.56. The van der Waals surface area contributed by atoms with E-state index < -0.39 is 0 Å². The highest BCUT2D eigenvalue weighted by atomic mass is 16.4. The van der Waals surface area contributed by atoms with Gasteiger partial charge in [-0.15, -0.1) is 0 Å². The van der Waals surface area contributed by atoms with Crippen molar-refractivity contribution in [1.29, 1.82) is 5.26 Å². The number of nitriles is 1. The number of rotatable bonds is 2. The molecular weight excluding hydrogens is 290 g/mol. The van der Waals surface area contributed by atoms with E-state index in [9.17, 15) is 5.26 Å². The van der Waals surface area contributed by atoms with Crippen LogP contribution in [0.25, 0.3) is 11.1 Å². The Balaban J connectivity index is 1.52. The van der Waals surface area contributed by atoms with Crippen molar-refractivity contribution in [2.45, 2.75) is 0 Å². The molecule has 6 heteroatoms. The van der Waals surface area contributed by atoms with Crippen LogP contribution in [0, 0.1) is 11.3 Å². The fourth-order valence-electron chi connectivity index (χ4n) is 2.84. The second kappa shape index (κ2) is 5.61. The Bertz CT molecular complexity index is 841. The van der Waals surface area contributed by atoms with Crippen LogP contribution in [0.4, 0.5) is 11.8 Å². The molecule has 2 aromatic heterocycles. The van der Waals surface area contributed by atoms with E-state index in [1.807, 2.05) is 24.3 Å². The molecule has 0 bridgehead atoms. The van der Waals surface area contributed by atoms with Gasteiger partial charge >= 0.3 is 0 Å². The summed E-state index contributed by atoms with van der Waals surface area (Å²) in [5.74, 6) is 0.757. The molecule has 3 heterocycles. The van der Waals surface area contributed by atoms with Gasteiger partial charge in [-0.1, -0.05) is 12.1 Å². The van der Waals surface area contributed by atoms with E-state index >= 15 is 0 Å². The lowest BCUT2D eigenvalue weighted by Crippen LogP contribution is -2.47. The summed E-state index contributed by atoms with van der Waals surface area (Å²) in [6, 6.07) is 14.2. The SMILES string of the molecule is N#Cc1cccnc1N1CCN(c2nc3ccccc3o2)CC1. The molecule has 0 aliphatic carbocycles. The van der Waals surface area contributed by atoms with Gasteiger partial charge in [-0.2, -0.15) is 10.2 Å². The maximum Gasteiger partial charge on any atom is 0.298 e. The number of piperazine rings is 1. The van der Waals surface area contributed by atoms with Crippen molar-refractivity contribution in [3.05, 3.63) is 48.2 Å². The standard InChI is InChI=1S/C17H15N5O/c18-12-13-4-3-7-19-16(13)21-8-10-22(11-9-21)17-20-14-5-1-2-6-15(14)23-17/h1-7H,8-11H2. The number of hydrogen-bond acceptors (Lipinski definition) is 6. The first kappa shape index (κ1) is 13.6. The average Bonchev–Trinajstić information content (AvgIpc) is 3.06. The van der Waals surface area contributed by atoms with Crippen LogP contribution < -0.4 is 9.80 Å². The maximum atomic E-state index is 9.21. The van der Waals surface area contributed by atoms with Crippen LogP contribution >= 0.6 is 0 Å². The van der Waals surface area contributed by atoms with E-state index in [2.05, 4.69) is 25.8 Å². The topological polar surface area (TPSA) is 69.2 Å². The molecule has 0 amide bonds. The molecule has 1 saturated heterocycles. The van der Waals surface area contributed by atoms with Crippen LogP contribution in [0.2, 0.25) is 0 Å². The van der Waals surface area contributed by atoms with Gasteiger partial charge in [-0.25, -0.2) is 4.98 Å². The molecule has 0 N–H and O–H groups in total. The number of pyridine rings is 1. The molecule has 3 aromatic rings. The first-order valence-corrected chi connectivity index (χ1v) is 7.56. The van der Waals surface area contributed by atoms with Crippen LogP contribution in [0.5, 0.6) is 0 Å². The van der Waals surface area contributed by atoms with E-state index in [1.54, 1.807) is 18.3 Å². The highest BCUT2D eigenvalue weighted by Gasteiger charge is 2.23. The van der Waals surface area contributed by atoms with Crippen LogP contribution in [-0.2, 0) is 0 Å². The van der Waals surface area contributed by atoms with Crippen molar-refractivity contribution in [3.63, 3.8) is 0 Å². The fraction of sp³-hybridized carbons (Fsp3) is 0.235. The zero-order chi connectivity index (χ0) is 15.6. The normalized spacial score (nSPS) is 14.9. The Kier molecular flexibility index (Phi) is 3.31. The third-order valence-electron chi connectivity index (χ3n) is 4.04. The number of hydrogen-bond donors (Lipinski definition) is 0. The molecule has 1 fully saturated rings. The van der Waals surface area contributed by atoms with Crippen LogP contribution in [0.1, 0.15) is 5.56 Å². The molecular formula is C17H15N5O. The summed E-state index contributed by atoms with van der Waals surface area (Å²) >= 11 is 0. The molecule has 1 aromatic carbocycles. The largest absolute Gasteiger partial charge is 0.423 e. The third kappa shape index (κ3) is 2.46. The minimum absolute atomic E-state index is 0.614. The highest BCUT2D eigenvalue weighted by molar-refractivity contribution is 5.74. The summed E-state index contributed by atoms with van der Waals surface area (Å²) < 4.78 is 5.82. The number of benzene rings is 1. The van der Waals surface area contributed by atoms with E-state index in [1.165, 1.54) is 0 Å². The zero-order valence-electron chi connectivity index (χ0n) is 12.5. The average molecular weight is 305 g/mol. The van der Waals surface area contributed by atoms with E-state index in [0.29, 0.717) is 11.6 Å². The summed E-state index contributed by atoms with van der Waals surface area (Å²) in [5.41, 5.74) is 2.30. The van der Waals surface area contributed by atoms with Gasteiger partial charge in [0, 0.05) is 32.4 Å². The first-order chi connectivity index (χ1) is 11.3. The summed E-state index contributed by atoms with van der Waals surface area (Å²) in [5, 5.41) is 9.21. The second-order valence-corrected chi connectivity index (χ2v) is 5.42. The summed E-state index contributed by atoms with van der Waals surface area (Å²) in [7, 11) is 0. The van der Waals surface area contributed by atoms with Gasteiger partial charge in [0.2, 0.25) is 0 Å². The number of fused-ring (bicyclic) bond motifs is 1. The molecule has 1 aliphatic rings. The van der Waals surface area contributed by atoms with E-state index in [0.717, 1.165) is 43.1 Å². The lowest BCUT2D eigenvalue weighted by atomic mass is 10.2. The summed E-state index contributed by atoms with van der Waals surface area (Å²) in [4.78, 5) is 13.2. The number of aromatic nitrogens is 2. The number of nitrogens with zero attached hydrogens (tertiary/aromatic N) is 5. The molecule has 0 atom stereocenters. The summed E-state index contributed by atoms with van der Waals surface area (Å²) in [6.07, 6.45) is 1.73. The minimum atomic E-state index is 0.614. The van der Waals surface area contributed by atoms with Gasteiger partial charge in [0.1, 0.15) is 17.4 Å². The maximum absolute atomic E-state index is 9.21. The van der Waals surface area contributed by atoms with Crippen molar-refractivity contribution in [1.82, 2.24) is 9.97 Å². The smallest absolute Gasteiger partial charge is 0.298 e. The number of para-hydroxylation sites is 2. The molecule has 23 heavy (non-hydrogen) atoms. The molecule has 114 valence electrons. The predicted molar refractivity (Wildman–Crippen MR) is 87.4 cm³/mol. The Morgan fingerprint density at radius 2 is 1.78 bits per heavy atom. The molecule has 0 radical (unpaired) electrons. The molecule has 6 nitrogen and oxygen atoms in total. The Morgan fingerprint density at radius 1 is 1.00 bits per heavy atom. The molecule has 0 spiro atoms. The predicted octanol–water partition coefficient (Wildman–Crippen LogP) is 2.42. The van der Waals surface area contributed by atoms with Crippen molar-refractivity contribution in [3.8, 4) is 6.07 Å². The minimum Gasteiger partial charge on any atom is -0.423 e. The van der Waals surface area contributed by atoms with E-state index in [4.69, 9.17) is 4.42 Å². The second-order valence-electron chi connectivity index (χ2n) is 5.42. The Labute approximate surface area is 133 Å². The number of oxazole rings is 1. The van der Waals surface area contributed by atoms with E-state index in [-0.39, 0.29) is 0 Å². The quantitative estimate of drug-likeness (QED) is 0.724. The monoisotopic (exact) mass is 305 g/mol. The fourth-order valence-corrected chi connectivity index (χ4v) is 2.84. The van der Waals surface area contributed by atoms with Crippen molar-refractivity contribution >= 4 is 22.9 Å². The highest BCUT2D eigenvalue weighted by Crippen LogP contribution is 2.24.